The van der Waals surface area contributed by atoms with Crippen LogP contribution in [0.3, 0.4) is 0 Å². The first-order valence-corrected chi connectivity index (χ1v) is 6.95. The zero-order valence-electron chi connectivity index (χ0n) is 11.0. The van der Waals surface area contributed by atoms with Crippen molar-refractivity contribution in [1.82, 2.24) is 10.2 Å². The molecule has 2 rings (SSSR count). The van der Waals surface area contributed by atoms with Crippen LogP contribution in [0.1, 0.15) is 26.0 Å². The fourth-order valence-electron chi connectivity index (χ4n) is 2.17. The molecule has 1 N–H and O–H groups in total. The van der Waals surface area contributed by atoms with Crippen LogP contribution >= 0.6 is 12.6 Å². The number of carbonyl (C=O) groups excluding carboxylic acids is 2. The van der Waals surface area contributed by atoms with Crippen LogP contribution in [-0.2, 0) is 10.3 Å². The minimum Gasteiger partial charge on any atom is -0.466 e. The number of nitrogens with zero attached hydrogens (tertiary/aromatic N) is 1. The van der Waals surface area contributed by atoms with Gasteiger partial charge in [-0.25, -0.2) is 4.79 Å². The van der Waals surface area contributed by atoms with E-state index in [1.54, 1.807) is 19.1 Å². The van der Waals surface area contributed by atoms with Gasteiger partial charge in [0.15, 0.2) is 5.54 Å². The maximum Gasteiger partial charge on any atom is 0.325 e. The van der Waals surface area contributed by atoms with Gasteiger partial charge >= 0.3 is 6.03 Å². The van der Waals surface area contributed by atoms with Crippen LogP contribution in [0.25, 0.3) is 0 Å². The lowest BCUT2D eigenvalue weighted by Crippen LogP contribution is -2.41. The molecule has 3 amide bonds. The maximum atomic E-state index is 12.5. The second-order valence-electron chi connectivity index (χ2n) is 4.91. The number of amides is 3. The van der Waals surface area contributed by atoms with Gasteiger partial charge in [-0.2, -0.15) is 12.6 Å². The summed E-state index contributed by atoms with van der Waals surface area (Å²) in [5.74, 6) is 1.03. The molecule has 0 aliphatic carbocycles. The molecule has 0 saturated carbocycles. The molecular weight excluding hydrogens is 264 g/mol. The quantitative estimate of drug-likeness (QED) is 0.641. The topological polar surface area (TPSA) is 62.6 Å². The van der Waals surface area contributed by atoms with Crippen molar-refractivity contribution in [1.29, 1.82) is 0 Å². The van der Waals surface area contributed by atoms with Crippen molar-refractivity contribution in [2.45, 2.75) is 25.8 Å². The molecule has 0 bridgehead atoms. The van der Waals surface area contributed by atoms with Crippen LogP contribution < -0.4 is 5.32 Å². The Kier molecular flexibility index (Phi) is 3.89. The van der Waals surface area contributed by atoms with Crippen molar-refractivity contribution < 1.29 is 14.0 Å². The molecule has 0 spiro atoms. The van der Waals surface area contributed by atoms with Gasteiger partial charge in [-0.3, -0.25) is 9.69 Å². The average Bonchev–Trinajstić information content (AvgIpc) is 2.99. The second kappa shape index (κ2) is 5.28. The van der Waals surface area contributed by atoms with Crippen molar-refractivity contribution in [2.75, 3.05) is 12.3 Å². The summed E-state index contributed by atoms with van der Waals surface area (Å²) in [4.78, 5) is 25.7. The predicted molar refractivity (Wildman–Crippen MR) is 73.9 cm³/mol. The molecule has 1 saturated heterocycles. The van der Waals surface area contributed by atoms with E-state index in [0.29, 0.717) is 18.1 Å². The average molecular weight is 282 g/mol. The number of hydrogen-bond acceptors (Lipinski definition) is 4. The molecule has 104 valence electrons. The van der Waals surface area contributed by atoms with E-state index in [4.69, 9.17) is 4.42 Å². The monoisotopic (exact) mass is 282 g/mol. The molecule has 5 nitrogen and oxygen atoms in total. The zero-order chi connectivity index (χ0) is 14.0. The molecule has 1 aliphatic heterocycles. The molecule has 6 heteroatoms. The molecule has 2 atom stereocenters. The Labute approximate surface area is 117 Å². The molecule has 0 radical (unpaired) electrons. The third kappa shape index (κ3) is 2.36. The molecule has 0 aromatic carbocycles. The molecule has 1 aliphatic rings. The number of hydrogen-bond donors (Lipinski definition) is 2. The second-order valence-corrected chi connectivity index (χ2v) is 5.27. The highest BCUT2D eigenvalue weighted by atomic mass is 32.1. The molecule has 1 fully saturated rings. The first-order valence-electron chi connectivity index (χ1n) is 6.31. The summed E-state index contributed by atoms with van der Waals surface area (Å²) >= 11 is 4.24. The lowest BCUT2D eigenvalue weighted by atomic mass is 9.99. The number of thiol groups is 1. The SMILES string of the molecule is CCC(CS)CN1C(=O)NC(C)(c2ccco2)C1=O. The van der Waals surface area contributed by atoms with Gasteiger partial charge < -0.3 is 9.73 Å². The Morgan fingerprint density at radius 3 is 2.79 bits per heavy atom. The summed E-state index contributed by atoms with van der Waals surface area (Å²) in [7, 11) is 0. The van der Waals surface area contributed by atoms with Gasteiger partial charge in [0.25, 0.3) is 5.91 Å². The van der Waals surface area contributed by atoms with Crippen LogP contribution in [0.4, 0.5) is 4.79 Å². The number of rotatable bonds is 5. The Morgan fingerprint density at radius 2 is 2.26 bits per heavy atom. The van der Waals surface area contributed by atoms with Gasteiger partial charge in [0.1, 0.15) is 5.76 Å². The molecule has 19 heavy (non-hydrogen) atoms. The summed E-state index contributed by atoms with van der Waals surface area (Å²) in [6.07, 6.45) is 2.36. The number of furan rings is 1. The van der Waals surface area contributed by atoms with Crippen LogP contribution in [0.15, 0.2) is 22.8 Å². The van der Waals surface area contributed by atoms with E-state index in [9.17, 15) is 9.59 Å². The van der Waals surface area contributed by atoms with Crippen LogP contribution in [0.5, 0.6) is 0 Å². The number of carbonyl (C=O) groups is 2. The largest absolute Gasteiger partial charge is 0.466 e. The lowest BCUT2D eigenvalue weighted by molar-refractivity contribution is -0.132. The fraction of sp³-hybridized carbons (Fsp3) is 0.538. The maximum absolute atomic E-state index is 12.5. The van der Waals surface area contributed by atoms with Crippen molar-refractivity contribution in [3.05, 3.63) is 24.2 Å². The first-order chi connectivity index (χ1) is 9.02. The van der Waals surface area contributed by atoms with Crippen molar-refractivity contribution in [3.8, 4) is 0 Å². The van der Waals surface area contributed by atoms with E-state index < -0.39 is 5.54 Å². The first kappa shape index (κ1) is 14.0. The highest BCUT2D eigenvalue weighted by Gasteiger charge is 2.51. The van der Waals surface area contributed by atoms with Crippen LogP contribution in [0.2, 0.25) is 0 Å². The van der Waals surface area contributed by atoms with Gasteiger partial charge in [0.2, 0.25) is 0 Å². The summed E-state index contributed by atoms with van der Waals surface area (Å²) in [6.45, 7) is 4.07. The van der Waals surface area contributed by atoms with E-state index in [1.807, 2.05) is 6.92 Å². The summed E-state index contributed by atoms with van der Waals surface area (Å²) in [5.41, 5.74) is -1.10. The van der Waals surface area contributed by atoms with Crippen molar-refractivity contribution in [2.24, 2.45) is 5.92 Å². The van der Waals surface area contributed by atoms with Crippen LogP contribution in [0, 0.1) is 5.92 Å². The minimum atomic E-state index is -1.10. The van der Waals surface area contributed by atoms with Gasteiger partial charge in [-0.1, -0.05) is 13.3 Å². The molecule has 1 aromatic heterocycles. The van der Waals surface area contributed by atoms with Crippen molar-refractivity contribution >= 4 is 24.6 Å². The molecular formula is C13H18N2O3S. The van der Waals surface area contributed by atoms with Gasteiger partial charge in [-0.15, -0.1) is 0 Å². The molecule has 2 unspecified atom stereocenters. The zero-order valence-corrected chi connectivity index (χ0v) is 11.9. The van der Waals surface area contributed by atoms with E-state index in [1.165, 1.54) is 11.2 Å². The minimum absolute atomic E-state index is 0.206. The Morgan fingerprint density at radius 1 is 1.53 bits per heavy atom. The summed E-state index contributed by atoms with van der Waals surface area (Å²) in [6, 6.07) is 3.02. The Balaban J connectivity index is 2.21. The normalized spacial score (nSPS) is 24.7. The van der Waals surface area contributed by atoms with Gasteiger partial charge in [0.05, 0.1) is 6.26 Å². The standard InChI is InChI=1S/C13H18N2O3S/c1-3-9(8-19)7-15-11(16)13(2,14-12(15)17)10-5-4-6-18-10/h4-6,9,19H,3,7-8H2,1-2H3,(H,14,17). The van der Waals surface area contributed by atoms with Gasteiger partial charge in [-0.05, 0) is 30.7 Å². The van der Waals surface area contributed by atoms with E-state index in [-0.39, 0.29) is 17.9 Å². The molecule has 2 heterocycles. The Hall–Kier alpha value is -1.43. The third-order valence-corrected chi connectivity index (χ3v) is 4.08. The number of nitrogens with one attached hydrogen (secondary N) is 1. The third-order valence-electron chi connectivity index (χ3n) is 3.57. The predicted octanol–water partition coefficient (Wildman–Crippen LogP) is 2.00. The fourth-order valence-corrected chi connectivity index (χ4v) is 2.54. The lowest BCUT2D eigenvalue weighted by Gasteiger charge is -2.21. The Bertz CT molecular complexity index is 470. The van der Waals surface area contributed by atoms with E-state index >= 15 is 0 Å². The highest BCUT2D eigenvalue weighted by molar-refractivity contribution is 7.80. The van der Waals surface area contributed by atoms with E-state index in [2.05, 4.69) is 17.9 Å². The van der Waals surface area contributed by atoms with Gasteiger partial charge in [0, 0.05) is 6.54 Å². The molecule has 1 aromatic rings. The number of imide groups is 1. The van der Waals surface area contributed by atoms with E-state index in [0.717, 1.165) is 6.42 Å². The van der Waals surface area contributed by atoms with Crippen LogP contribution in [-0.4, -0.2) is 29.1 Å². The smallest absolute Gasteiger partial charge is 0.325 e. The van der Waals surface area contributed by atoms with Crippen molar-refractivity contribution in [3.63, 3.8) is 0 Å². The summed E-state index contributed by atoms with van der Waals surface area (Å²) in [5, 5.41) is 2.70. The highest BCUT2D eigenvalue weighted by Crippen LogP contribution is 2.29. The number of urea groups is 1. The summed E-state index contributed by atoms with van der Waals surface area (Å²) < 4.78 is 5.27.